The third-order valence-electron chi connectivity index (χ3n) is 2.66. The highest BCUT2D eigenvalue weighted by atomic mass is 35.5. The largest absolute Gasteiger partial charge is 0.358 e. The number of carbonyl (C=O) groups excluding carboxylic acids is 1. The molecule has 0 aliphatic carbocycles. The van der Waals surface area contributed by atoms with Gasteiger partial charge in [0.25, 0.3) is 0 Å². The number of hydrogen-bond acceptors (Lipinski definition) is 3. The lowest BCUT2D eigenvalue weighted by molar-refractivity contribution is -0.120. The van der Waals surface area contributed by atoms with Crippen molar-refractivity contribution in [2.45, 2.75) is 11.3 Å². The second-order valence-electron chi connectivity index (χ2n) is 4.02. The van der Waals surface area contributed by atoms with Crippen LogP contribution >= 0.6 is 11.6 Å². The zero-order chi connectivity index (χ0) is 14.5. The van der Waals surface area contributed by atoms with Gasteiger partial charge in [0.1, 0.15) is 0 Å². The third kappa shape index (κ3) is 4.19. The Balaban J connectivity index is 2.90. The van der Waals surface area contributed by atoms with Gasteiger partial charge < -0.3 is 5.32 Å². The van der Waals surface area contributed by atoms with Crippen molar-refractivity contribution >= 4 is 27.5 Å². The van der Waals surface area contributed by atoms with Crippen molar-refractivity contribution in [3.63, 3.8) is 0 Å². The lowest BCUT2D eigenvalue weighted by atomic mass is 10.2. The molecular formula is C12H17ClN2O3S. The van der Waals surface area contributed by atoms with Crippen molar-refractivity contribution in [2.24, 2.45) is 0 Å². The lowest BCUT2D eigenvalue weighted by Crippen LogP contribution is -2.36. The van der Waals surface area contributed by atoms with Gasteiger partial charge in [0.05, 0.1) is 11.4 Å². The third-order valence-corrected chi connectivity index (χ3v) is 4.67. The van der Waals surface area contributed by atoms with Gasteiger partial charge in [-0.1, -0.05) is 12.1 Å². The summed E-state index contributed by atoms with van der Waals surface area (Å²) < 4.78 is 25.4. The molecule has 0 fully saturated rings. The second kappa shape index (κ2) is 6.88. The quantitative estimate of drug-likeness (QED) is 0.792. The maximum absolute atomic E-state index is 12.2. The van der Waals surface area contributed by atoms with Gasteiger partial charge in [-0.25, -0.2) is 8.42 Å². The molecule has 0 heterocycles. The van der Waals surface area contributed by atoms with Crippen LogP contribution < -0.4 is 5.32 Å². The molecule has 5 nitrogen and oxygen atoms in total. The summed E-state index contributed by atoms with van der Waals surface area (Å²) in [5.41, 5.74) is 0.975. The molecule has 1 aromatic rings. The average molecular weight is 305 g/mol. The molecule has 0 aromatic heterocycles. The van der Waals surface area contributed by atoms with Crippen molar-refractivity contribution in [3.05, 3.63) is 29.8 Å². The maximum Gasteiger partial charge on any atom is 0.243 e. The van der Waals surface area contributed by atoms with Crippen LogP contribution in [0, 0.1) is 0 Å². The summed E-state index contributed by atoms with van der Waals surface area (Å²) in [6.07, 6.45) is 0.690. The van der Waals surface area contributed by atoms with Crippen LogP contribution in [0.1, 0.15) is 5.56 Å². The van der Waals surface area contributed by atoms with Crippen molar-refractivity contribution in [1.29, 1.82) is 0 Å². The summed E-state index contributed by atoms with van der Waals surface area (Å²) >= 11 is 5.62. The van der Waals surface area contributed by atoms with Gasteiger partial charge in [-0.05, 0) is 24.1 Å². The summed E-state index contributed by atoms with van der Waals surface area (Å²) in [5.74, 6) is 0.132. The number of carbonyl (C=O) groups is 1. The molecule has 0 aliphatic rings. The summed E-state index contributed by atoms with van der Waals surface area (Å²) in [7, 11) is -0.802. The fourth-order valence-corrected chi connectivity index (χ4v) is 2.83. The first-order chi connectivity index (χ1) is 8.91. The van der Waals surface area contributed by atoms with Crippen molar-refractivity contribution in [2.75, 3.05) is 26.5 Å². The molecular weight excluding hydrogens is 288 g/mol. The van der Waals surface area contributed by atoms with Gasteiger partial charge in [0.2, 0.25) is 15.9 Å². The minimum atomic E-state index is -3.64. The zero-order valence-corrected chi connectivity index (χ0v) is 12.5. The standard InChI is InChI=1S/C12H17ClN2O3S/c1-14-12(16)9-15(2)19(17,18)11-5-3-10(4-6-11)7-8-13/h3-6H,7-9H2,1-2H3,(H,14,16). The van der Waals surface area contributed by atoms with Crippen LogP contribution in [0.4, 0.5) is 0 Å². The molecule has 0 spiro atoms. The highest BCUT2D eigenvalue weighted by Gasteiger charge is 2.22. The fraction of sp³-hybridized carbons (Fsp3) is 0.417. The van der Waals surface area contributed by atoms with Gasteiger partial charge in [-0.2, -0.15) is 4.31 Å². The van der Waals surface area contributed by atoms with Crippen LogP contribution in [0.2, 0.25) is 0 Å². The van der Waals surface area contributed by atoms with E-state index < -0.39 is 10.0 Å². The van der Waals surface area contributed by atoms with E-state index in [0.29, 0.717) is 12.3 Å². The van der Waals surface area contributed by atoms with E-state index in [4.69, 9.17) is 11.6 Å². The van der Waals surface area contributed by atoms with Crippen LogP contribution in [0.15, 0.2) is 29.2 Å². The van der Waals surface area contributed by atoms with E-state index in [1.807, 2.05) is 0 Å². The van der Waals surface area contributed by atoms with Crippen molar-refractivity contribution in [1.82, 2.24) is 9.62 Å². The van der Waals surface area contributed by atoms with E-state index in [1.165, 1.54) is 26.2 Å². The Morgan fingerprint density at radius 2 is 1.89 bits per heavy atom. The summed E-state index contributed by atoms with van der Waals surface area (Å²) in [6.45, 7) is -0.206. The predicted octanol–water partition coefficient (Wildman–Crippen LogP) is 0.834. The SMILES string of the molecule is CNC(=O)CN(C)S(=O)(=O)c1ccc(CCCl)cc1. The number of nitrogens with one attached hydrogen (secondary N) is 1. The molecule has 106 valence electrons. The molecule has 0 radical (unpaired) electrons. The molecule has 7 heteroatoms. The second-order valence-corrected chi connectivity index (χ2v) is 6.44. The fourth-order valence-electron chi connectivity index (χ4n) is 1.48. The van der Waals surface area contributed by atoms with Crippen LogP contribution in [0.25, 0.3) is 0 Å². The number of amides is 1. The van der Waals surface area contributed by atoms with Gasteiger partial charge in [0, 0.05) is 20.0 Å². The summed E-state index contributed by atoms with van der Waals surface area (Å²) in [6, 6.07) is 6.50. The number of nitrogens with zero attached hydrogens (tertiary/aromatic N) is 1. The Hall–Kier alpha value is -1.11. The first-order valence-electron chi connectivity index (χ1n) is 5.73. The Morgan fingerprint density at radius 1 is 1.32 bits per heavy atom. The number of rotatable bonds is 6. The number of sulfonamides is 1. The molecule has 1 N–H and O–H groups in total. The number of halogens is 1. The molecule has 0 bridgehead atoms. The number of alkyl halides is 1. The van der Waals surface area contributed by atoms with Gasteiger partial charge in [-0.15, -0.1) is 11.6 Å². The van der Waals surface area contributed by atoms with Crippen LogP contribution in [0.3, 0.4) is 0 Å². The smallest absolute Gasteiger partial charge is 0.243 e. The molecule has 0 saturated heterocycles. The van der Waals surface area contributed by atoms with Crippen molar-refractivity contribution < 1.29 is 13.2 Å². The topological polar surface area (TPSA) is 66.5 Å². The van der Waals surface area contributed by atoms with E-state index in [0.717, 1.165) is 9.87 Å². The molecule has 1 rings (SSSR count). The first kappa shape index (κ1) is 15.9. The first-order valence-corrected chi connectivity index (χ1v) is 7.71. The molecule has 0 atom stereocenters. The Labute approximate surface area is 118 Å². The Bertz CT molecular complexity index is 528. The molecule has 1 aromatic carbocycles. The maximum atomic E-state index is 12.2. The lowest BCUT2D eigenvalue weighted by Gasteiger charge is -2.16. The van der Waals surface area contributed by atoms with E-state index in [2.05, 4.69) is 5.32 Å². The summed E-state index contributed by atoms with van der Waals surface area (Å²) in [4.78, 5) is 11.4. The molecule has 0 unspecified atom stereocenters. The average Bonchev–Trinajstić information content (AvgIpc) is 2.39. The van der Waals surface area contributed by atoms with E-state index in [9.17, 15) is 13.2 Å². The molecule has 19 heavy (non-hydrogen) atoms. The van der Waals surface area contributed by atoms with Crippen molar-refractivity contribution in [3.8, 4) is 0 Å². The number of benzene rings is 1. The molecule has 1 amide bonds. The van der Waals surface area contributed by atoms with Crippen LogP contribution in [-0.4, -0.2) is 45.2 Å². The highest BCUT2D eigenvalue weighted by molar-refractivity contribution is 7.89. The van der Waals surface area contributed by atoms with Gasteiger partial charge >= 0.3 is 0 Å². The number of likely N-dealkylation sites (N-methyl/N-ethyl adjacent to an activating group) is 2. The van der Waals surface area contributed by atoms with E-state index in [-0.39, 0.29) is 17.3 Å². The highest BCUT2D eigenvalue weighted by Crippen LogP contribution is 2.15. The minimum Gasteiger partial charge on any atom is -0.358 e. The number of aryl methyl sites for hydroxylation is 1. The van der Waals surface area contributed by atoms with Crippen LogP contribution in [0.5, 0.6) is 0 Å². The van der Waals surface area contributed by atoms with E-state index in [1.54, 1.807) is 12.1 Å². The van der Waals surface area contributed by atoms with E-state index >= 15 is 0 Å². The monoisotopic (exact) mass is 304 g/mol. The molecule has 0 saturated carbocycles. The Kier molecular flexibility index (Phi) is 5.78. The normalized spacial score (nSPS) is 11.6. The molecule has 0 aliphatic heterocycles. The zero-order valence-electron chi connectivity index (χ0n) is 10.9. The Morgan fingerprint density at radius 3 is 2.37 bits per heavy atom. The minimum absolute atomic E-state index is 0.164. The number of hydrogen-bond donors (Lipinski definition) is 1. The van der Waals surface area contributed by atoms with Crippen LogP contribution in [-0.2, 0) is 21.2 Å². The summed E-state index contributed by atoms with van der Waals surface area (Å²) in [5, 5.41) is 2.39. The van der Waals surface area contributed by atoms with Gasteiger partial charge in [-0.3, -0.25) is 4.79 Å². The predicted molar refractivity (Wildman–Crippen MR) is 74.7 cm³/mol. The van der Waals surface area contributed by atoms with Gasteiger partial charge in [0.15, 0.2) is 0 Å².